The maximum absolute atomic E-state index is 5.26. The van der Waals surface area contributed by atoms with E-state index in [4.69, 9.17) is 4.42 Å². The first-order valence-corrected chi connectivity index (χ1v) is 6.02. The van der Waals surface area contributed by atoms with E-state index in [-0.39, 0.29) is 24.0 Å². The van der Waals surface area contributed by atoms with E-state index in [0.29, 0.717) is 13.1 Å². The number of furan rings is 1. The highest BCUT2D eigenvalue weighted by molar-refractivity contribution is 14.0. The molecule has 0 fully saturated rings. The number of guanidine groups is 1. The fourth-order valence-corrected chi connectivity index (χ4v) is 1.32. The number of nitrogens with one attached hydrogen (secondary N) is 2. The minimum absolute atomic E-state index is 0. The Bertz CT molecular complexity index is 399. The van der Waals surface area contributed by atoms with Gasteiger partial charge in [0.15, 0.2) is 5.96 Å². The Balaban J connectivity index is 0.00000324. The van der Waals surface area contributed by atoms with Crippen LogP contribution in [0.25, 0.3) is 0 Å². The van der Waals surface area contributed by atoms with Crippen LogP contribution in [0.2, 0.25) is 0 Å². The summed E-state index contributed by atoms with van der Waals surface area (Å²) in [5.74, 6) is 1.73. The van der Waals surface area contributed by atoms with Crippen molar-refractivity contribution in [2.24, 2.45) is 4.99 Å². The molecule has 1 aromatic rings. The molecule has 0 radical (unpaired) electrons. The normalized spacial score (nSPS) is 10.5. The molecule has 4 nitrogen and oxygen atoms in total. The quantitative estimate of drug-likeness (QED) is 0.334. The molecule has 0 spiro atoms. The standard InChI is InChI=1S/C14H21N3O.HI/c1-4-8-15-14(17-11-12(2)3)16-9-7-13-6-5-10-18-13;/h4-6,10H,1-2,7-9,11H2,3H3,(H2,15,16,17);1H. The lowest BCUT2D eigenvalue weighted by Crippen LogP contribution is -2.38. The number of hydrogen-bond acceptors (Lipinski definition) is 2. The van der Waals surface area contributed by atoms with E-state index in [0.717, 1.165) is 30.3 Å². The first-order chi connectivity index (χ1) is 8.72. The highest BCUT2D eigenvalue weighted by Gasteiger charge is 1.99. The molecule has 0 unspecified atom stereocenters. The van der Waals surface area contributed by atoms with Gasteiger partial charge in [0.2, 0.25) is 0 Å². The monoisotopic (exact) mass is 375 g/mol. The van der Waals surface area contributed by atoms with E-state index in [1.54, 1.807) is 12.3 Å². The molecule has 0 amide bonds. The molecular weight excluding hydrogens is 353 g/mol. The van der Waals surface area contributed by atoms with Gasteiger partial charge in [0.05, 0.1) is 12.8 Å². The molecule has 19 heavy (non-hydrogen) atoms. The number of hydrogen-bond donors (Lipinski definition) is 2. The van der Waals surface area contributed by atoms with Crippen LogP contribution < -0.4 is 10.6 Å². The Labute approximate surface area is 132 Å². The van der Waals surface area contributed by atoms with Gasteiger partial charge in [-0.3, -0.25) is 0 Å². The number of rotatable bonds is 7. The lowest BCUT2D eigenvalue weighted by Gasteiger charge is -2.10. The summed E-state index contributed by atoms with van der Waals surface area (Å²) in [5, 5.41) is 6.39. The van der Waals surface area contributed by atoms with Crippen molar-refractivity contribution in [3.63, 3.8) is 0 Å². The van der Waals surface area contributed by atoms with E-state index < -0.39 is 0 Å². The van der Waals surface area contributed by atoms with E-state index in [2.05, 4.69) is 28.8 Å². The van der Waals surface area contributed by atoms with Gasteiger partial charge >= 0.3 is 0 Å². The summed E-state index contributed by atoms with van der Waals surface area (Å²) in [4.78, 5) is 4.40. The highest BCUT2D eigenvalue weighted by Crippen LogP contribution is 1.99. The molecular formula is C14H22IN3O. The van der Waals surface area contributed by atoms with Crippen molar-refractivity contribution in [1.82, 2.24) is 10.6 Å². The predicted molar refractivity (Wildman–Crippen MR) is 91.1 cm³/mol. The van der Waals surface area contributed by atoms with Crippen LogP contribution in [0.1, 0.15) is 12.7 Å². The predicted octanol–water partition coefficient (Wildman–Crippen LogP) is 2.74. The van der Waals surface area contributed by atoms with Crippen molar-refractivity contribution in [2.75, 3.05) is 19.6 Å². The third kappa shape index (κ3) is 8.47. The minimum Gasteiger partial charge on any atom is -0.469 e. The molecule has 0 aliphatic heterocycles. The molecule has 0 aliphatic carbocycles. The van der Waals surface area contributed by atoms with E-state index in [1.807, 2.05) is 19.1 Å². The molecule has 0 aromatic carbocycles. The second-order valence-corrected chi connectivity index (χ2v) is 4.05. The van der Waals surface area contributed by atoms with Crippen LogP contribution in [0.3, 0.4) is 0 Å². The van der Waals surface area contributed by atoms with Gasteiger partial charge in [-0.15, -0.1) is 30.6 Å². The Kier molecular flexibility index (Phi) is 9.97. The number of aliphatic imine (C=N–C) groups is 1. The van der Waals surface area contributed by atoms with Crippen LogP contribution in [-0.2, 0) is 6.42 Å². The van der Waals surface area contributed by atoms with Crippen LogP contribution >= 0.6 is 24.0 Å². The molecule has 1 aromatic heterocycles. The lowest BCUT2D eigenvalue weighted by molar-refractivity contribution is 0.507. The zero-order chi connectivity index (χ0) is 13.2. The summed E-state index contributed by atoms with van der Waals surface area (Å²) in [6, 6.07) is 3.85. The average Bonchev–Trinajstić information content (AvgIpc) is 2.84. The second kappa shape index (κ2) is 10.7. The molecule has 106 valence electrons. The summed E-state index contributed by atoms with van der Waals surface area (Å²) in [6.45, 7) is 11.5. The van der Waals surface area contributed by atoms with Gasteiger partial charge in [0.25, 0.3) is 0 Å². The maximum Gasteiger partial charge on any atom is 0.191 e. The van der Waals surface area contributed by atoms with E-state index in [9.17, 15) is 0 Å². The zero-order valence-electron chi connectivity index (χ0n) is 11.3. The van der Waals surface area contributed by atoms with Crippen molar-refractivity contribution in [3.8, 4) is 0 Å². The number of halogens is 1. The zero-order valence-corrected chi connectivity index (χ0v) is 13.6. The van der Waals surface area contributed by atoms with Crippen LogP contribution in [0.4, 0.5) is 0 Å². The van der Waals surface area contributed by atoms with Crippen molar-refractivity contribution < 1.29 is 4.42 Å². The lowest BCUT2D eigenvalue weighted by atomic mass is 10.3. The van der Waals surface area contributed by atoms with Gasteiger partial charge in [-0.05, 0) is 19.1 Å². The summed E-state index contributed by atoms with van der Waals surface area (Å²) in [5.41, 5.74) is 1.03. The fourth-order valence-electron chi connectivity index (χ4n) is 1.32. The third-order valence-electron chi connectivity index (χ3n) is 2.16. The molecule has 0 aliphatic rings. The Morgan fingerprint density at radius 1 is 1.47 bits per heavy atom. The largest absolute Gasteiger partial charge is 0.469 e. The molecule has 0 saturated heterocycles. The summed E-state index contributed by atoms with van der Waals surface area (Å²) in [6.07, 6.45) is 4.31. The molecule has 1 rings (SSSR count). The first-order valence-electron chi connectivity index (χ1n) is 6.02. The Morgan fingerprint density at radius 2 is 2.26 bits per heavy atom. The number of nitrogens with zero attached hydrogens (tertiary/aromatic N) is 1. The molecule has 0 saturated carbocycles. The van der Waals surface area contributed by atoms with E-state index in [1.165, 1.54) is 0 Å². The third-order valence-corrected chi connectivity index (χ3v) is 2.16. The van der Waals surface area contributed by atoms with Crippen LogP contribution in [0, 0.1) is 0 Å². The Morgan fingerprint density at radius 3 is 2.84 bits per heavy atom. The van der Waals surface area contributed by atoms with Gasteiger partial charge in [-0.25, -0.2) is 4.99 Å². The van der Waals surface area contributed by atoms with Gasteiger partial charge < -0.3 is 15.1 Å². The smallest absolute Gasteiger partial charge is 0.191 e. The average molecular weight is 375 g/mol. The van der Waals surface area contributed by atoms with Crippen LogP contribution in [0.15, 0.2) is 52.6 Å². The van der Waals surface area contributed by atoms with Gasteiger partial charge in [-0.1, -0.05) is 18.2 Å². The Hall–Kier alpha value is -1.24. The van der Waals surface area contributed by atoms with Crippen LogP contribution in [0.5, 0.6) is 0 Å². The SMILES string of the molecule is C=CCNC(=NCC(=C)C)NCCc1ccco1.I. The van der Waals surface area contributed by atoms with Gasteiger partial charge in [0, 0.05) is 19.5 Å². The van der Waals surface area contributed by atoms with E-state index >= 15 is 0 Å². The van der Waals surface area contributed by atoms with Gasteiger partial charge in [-0.2, -0.15) is 0 Å². The van der Waals surface area contributed by atoms with Crippen molar-refractivity contribution in [2.45, 2.75) is 13.3 Å². The fraction of sp³-hybridized carbons (Fsp3) is 0.357. The second-order valence-electron chi connectivity index (χ2n) is 4.05. The maximum atomic E-state index is 5.26. The van der Waals surface area contributed by atoms with Crippen molar-refractivity contribution >= 4 is 29.9 Å². The molecule has 5 heteroatoms. The summed E-state index contributed by atoms with van der Waals surface area (Å²) in [7, 11) is 0. The molecule has 1 heterocycles. The topological polar surface area (TPSA) is 49.6 Å². The highest BCUT2D eigenvalue weighted by atomic mass is 127. The van der Waals surface area contributed by atoms with Gasteiger partial charge in [0.1, 0.15) is 5.76 Å². The summed E-state index contributed by atoms with van der Waals surface area (Å²) >= 11 is 0. The molecule has 2 N–H and O–H groups in total. The van der Waals surface area contributed by atoms with Crippen molar-refractivity contribution in [1.29, 1.82) is 0 Å². The molecule has 0 bridgehead atoms. The first kappa shape index (κ1) is 17.8. The molecule has 0 atom stereocenters. The van der Waals surface area contributed by atoms with Crippen LogP contribution in [-0.4, -0.2) is 25.6 Å². The van der Waals surface area contributed by atoms with Crippen molar-refractivity contribution in [3.05, 3.63) is 49.0 Å². The minimum atomic E-state index is 0. The summed E-state index contributed by atoms with van der Waals surface area (Å²) < 4.78 is 5.26.